The van der Waals surface area contributed by atoms with E-state index in [2.05, 4.69) is 5.32 Å². The third kappa shape index (κ3) is 2.66. The van der Waals surface area contributed by atoms with E-state index in [-0.39, 0.29) is 11.7 Å². The number of hydrogen-bond donors (Lipinski definition) is 1. The Hall–Kier alpha value is -1.91. The maximum absolute atomic E-state index is 13.1. The predicted molar refractivity (Wildman–Crippen MR) is 81.2 cm³/mol. The molecule has 0 aliphatic heterocycles. The average molecular weight is 306 g/mol. The molecule has 5 heteroatoms. The number of anilines is 1. The molecule has 2 aromatic carbocycles. The Balaban J connectivity index is 1.86. The van der Waals surface area contributed by atoms with Crippen LogP contribution in [0.2, 0.25) is 5.02 Å². The van der Waals surface area contributed by atoms with Gasteiger partial charge >= 0.3 is 0 Å². The van der Waals surface area contributed by atoms with Gasteiger partial charge in [-0.3, -0.25) is 4.79 Å². The van der Waals surface area contributed by atoms with E-state index in [9.17, 15) is 9.18 Å². The molecule has 0 spiro atoms. The van der Waals surface area contributed by atoms with Gasteiger partial charge in [0, 0.05) is 15.4 Å². The molecule has 0 aliphatic rings. The number of rotatable bonds is 2. The topological polar surface area (TPSA) is 29.1 Å². The number of carbonyl (C=O) groups is 1. The average Bonchev–Trinajstić information content (AvgIpc) is 2.84. The Kier molecular flexibility index (Phi) is 3.42. The second-order valence-corrected chi connectivity index (χ2v) is 5.77. The standard InChI is InChI=1S/C15H9ClFNOS/c16-10-1-4-12(5-2-10)18-15(19)14-8-9-7-11(17)3-6-13(9)20-14/h1-8H,(H,18,19). The second-order valence-electron chi connectivity index (χ2n) is 4.25. The lowest BCUT2D eigenvalue weighted by Gasteiger charge is -2.02. The van der Waals surface area contributed by atoms with Crippen molar-refractivity contribution in [3.05, 3.63) is 64.2 Å². The SMILES string of the molecule is O=C(Nc1ccc(Cl)cc1)c1cc2cc(F)ccc2s1. The van der Waals surface area contributed by atoms with Gasteiger partial charge in [-0.15, -0.1) is 11.3 Å². The van der Waals surface area contributed by atoms with Gasteiger partial charge in [0.1, 0.15) is 5.82 Å². The molecule has 1 amide bonds. The summed E-state index contributed by atoms with van der Waals surface area (Å²) in [7, 11) is 0. The fourth-order valence-electron chi connectivity index (χ4n) is 1.85. The molecule has 1 heterocycles. The highest BCUT2D eigenvalue weighted by atomic mass is 35.5. The first-order valence-electron chi connectivity index (χ1n) is 5.88. The van der Waals surface area contributed by atoms with Gasteiger partial charge in [-0.2, -0.15) is 0 Å². The molecule has 3 aromatic rings. The highest BCUT2D eigenvalue weighted by Gasteiger charge is 2.11. The van der Waals surface area contributed by atoms with Gasteiger partial charge in [0.05, 0.1) is 4.88 Å². The van der Waals surface area contributed by atoms with E-state index in [0.29, 0.717) is 15.6 Å². The Labute approximate surface area is 123 Å². The first-order chi connectivity index (χ1) is 9.61. The lowest BCUT2D eigenvalue weighted by molar-refractivity contribution is 0.103. The fourth-order valence-corrected chi connectivity index (χ4v) is 2.92. The molecule has 0 aliphatic carbocycles. The number of amides is 1. The Bertz CT molecular complexity index is 782. The summed E-state index contributed by atoms with van der Waals surface area (Å²) in [4.78, 5) is 12.7. The molecular weight excluding hydrogens is 297 g/mol. The molecule has 0 bridgehead atoms. The van der Waals surface area contributed by atoms with Crippen LogP contribution in [0.25, 0.3) is 10.1 Å². The van der Waals surface area contributed by atoms with Gasteiger partial charge in [0.2, 0.25) is 0 Å². The fraction of sp³-hybridized carbons (Fsp3) is 0. The highest BCUT2D eigenvalue weighted by molar-refractivity contribution is 7.20. The Morgan fingerprint density at radius 3 is 2.60 bits per heavy atom. The Morgan fingerprint density at radius 2 is 1.85 bits per heavy atom. The first-order valence-corrected chi connectivity index (χ1v) is 7.07. The van der Waals surface area contributed by atoms with Crippen molar-refractivity contribution in [3.8, 4) is 0 Å². The molecule has 0 radical (unpaired) electrons. The van der Waals surface area contributed by atoms with E-state index in [0.717, 1.165) is 10.1 Å². The number of thiophene rings is 1. The lowest BCUT2D eigenvalue weighted by Crippen LogP contribution is -2.09. The predicted octanol–water partition coefficient (Wildman–Crippen LogP) is 4.95. The zero-order chi connectivity index (χ0) is 14.1. The molecule has 0 saturated heterocycles. The van der Waals surface area contributed by atoms with Crippen LogP contribution < -0.4 is 5.32 Å². The molecule has 20 heavy (non-hydrogen) atoms. The van der Waals surface area contributed by atoms with Crippen LogP contribution in [0.4, 0.5) is 10.1 Å². The van der Waals surface area contributed by atoms with Gasteiger partial charge in [-0.1, -0.05) is 11.6 Å². The van der Waals surface area contributed by atoms with Gasteiger partial charge in [0.15, 0.2) is 0 Å². The van der Waals surface area contributed by atoms with Crippen LogP contribution in [0.3, 0.4) is 0 Å². The quantitative estimate of drug-likeness (QED) is 0.713. The molecule has 0 saturated carbocycles. The third-order valence-electron chi connectivity index (χ3n) is 2.80. The number of carbonyl (C=O) groups excluding carboxylic acids is 1. The van der Waals surface area contributed by atoms with E-state index in [1.807, 2.05) is 0 Å². The van der Waals surface area contributed by atoms with Crippen LogP contribution in [-0.4, -0.2) is 5.91 Å². The molecule has 2 nitrogen and oxygen atoms in total. The van der Waals surface area contributed by atoms with Gasteiger partial charge in [-0.05, 0) is 53.9 Å². The minimum Gasteiger partial charge on any atom is -0.321 e. The summed E-state index contributed by atoms with van der Waals surface area (Å²) in [6.07, 6.45) is 0. The normalized spacial score (nSPS) is 10.7. The third-order valence-corrected chi connectivity index (χ3v) is 4.17. The van der Waals surface area contributed by atoms with Gasteiger partial charge in [-0.25, -0.2) is 4.39 Å². The Morgan fingerprint density at radius 1 is 1.10 bits per heavy atom. The van der Waals surface area contributed by atoms with Crippen molar-refractivity contribution in [2.24, 2.45) is 0 Å². The van der Waals surface area contributed by atoms with Crippen LogP contribution >= 0.6 is 22.9 Å². The van der Waals surface area contributed by atoms with Crippen molar-refractivity contribution in [2.45, 2.75) is 0 Å². The first kappa shape index (κ1) is 13.1. The molecule has 1 N–H and O–H groups in total. The summed E-state index contributed by atoms with van der Waals surface area (Å²) in [5.41, 5.74) is 0.669. The number of fused-ring (bicyclic) bond motifs is 1. The molecule has 0 fully saturated rings. The molecule has 0 unspecified atom stereocenters. The summed E-state index contributed by atoms with van der Waals surface area (Å²) in [5, 5.41) is 4.12. The summed E-state index contributed by atoms with van der Waals surface area (Å²) in [5.74, 6) is -0.520. The van der Waals surface area contributed by atoms with E-state index in [1.165, 1.54) is 23.5 Å². The molecule has 0 atom stereocenters. The van der Waals surface area contributed by atoms with Crippen molar-refractivity contribution < 1.29 is 9.18 Å². The molecule has 1 aromatic heterocycles. The summed E-state index contributed by atoms with van der Waals surface area (Å²) >= 11 is 7.12. The highest BCUT2D eigenvalue weighted by Crippen LogP contribution is 2.27. The van der Waals surface area contributed by atoms with Crippen molar-refractivity contribution in [1.82, 2.24) is 0 Å². The van der Waals surface area contributed by atoms with E-state index in [1.54, 1.807) is 36.4 Å². The van der Waals surface area contributed by atoms with Crippen molar-refractivity contribution >= 4 is 44.6 Å². The number of hydrogen-bond acceptors (Lipinski definition) is 2. The number of benzene rings is 2. The van der Waals surface area contributed by atoms with Crippen LogP contribution in [0, 0.1) is 5.82 Å². The smallest absolute Gasteiger partial charge is 0.265 e. The maximum atomic E-state index is 13.1. The van der Waals surface area contributed by atoms with Crippen molar-refractivity contribution in [1.29, 1.82) is 0 Å². The van der Waals surface area contributed by atoms with E-state index >= 15 is 0 Å². The lowest BCUT2D eigenvalue weighted by atomic mass is 10.2. The van der Waals surface area contributed by atoms with Gasteiger partial charge < -0.3 is 5.32 Å². The minimum atomic E-state index is -0.306. The summed E-state index contributed by atoms with van der Waals surface area (Å²) < 4.78 is 14.0. The maximum Gasteiger partial charge on any atom is 0.265 e. The molecule has 100 valence electrons. The van der Waals surface area contributed by atoms with E-state index < -0.39 is 0 Å². The zero-order valence-electron chi connectivity index (χ0n) is 10.2. The van der Waals surface area contributed by atoms with Crippen molar-refractivity contribution in [3.63, 3.8) is 0 Å². The largest absolute Gasteiger partial charge is 0.321 e. The minimum absolute atomic E-state index is 0.214. The van der Waals surface area contributed by atoms with Crippen LogP contribution in [-0.2, 0) is 0 Å². The van der Waals surface area contributed by atoms with Crippen LogP contribution in [0.5, 0.6) is 0 Å². The summed E-state index contributed by atoms with van der Waals surface area (Å²) in [6.45, 7) is 0. The van der Waals surface area contributed by atoms with Crippen molar-refractivity contribution in [2.75, 3.05) is 5.32 Å². The number of halogens is 2. The monoisotopic (exact) mass is 305 g/mol. The van der Waals surface area contributed by atoms with Crippen LogP contribution in [0.1, 0.15) is 9.67 Å². The van der Waals surface area contributed by atoms with E-state index in [4.69, 9.17) is 11.6 Å². The summed E-state index contributed by atoms with van der Waals surface area (Å²) in [6, 6.07) is 13.0. The number of nitrogens with one attached hydrogen (secondary N) is 1. The molecule has 3 rings (SSSR count). The second kappa shape index (κ2) is 5.23. The zero-order valence-corrected chi connectivity index (χ0v) is 11.8. The van der Waals surface area contributed by atoms with Gasteiger partial charge in [0.25, 0.3) is 5.91 Å². The van der Waals surface area contributed by atoms with Crippen LogP contribution in [0.15, 0.2) is 48.5 Å². The molecular formula is C15H9ClFNOS.